The first kappa shape index (κ1) is 14.6. The summed E-state index contributed by atoms with van der Waals surface area (Å²) in [5.41, 5.74) is 0. The lowest BCUT2D eigenvalue weighted by molar-refractivity contribution is 0.166. The molecule has 2 heterocycles. The van der Waals surface area contributed by atoms with Crippen LogP contribution in [0.3, 0.4) is 0 Å². The maximum atomic E-state index is 12.9. The molecule has 0 aromatic heterocycles. The van der Waals surface area contributed by atoms with Crippen molar-refractivity contribution in [1.82, 2.24) is 9.62 Å². The number of benzene rings is 1. The third-order valence-corrected chi connectivity index (χ3v) is 5.94. The molecule has 0 aliphatic carbocycles. The van der Waals surface area contributed by atoms with Gasteiger partial charge in [0.1, 0.15) is 18.1 Å². The standard InChI is InChI=1S/C14H20N2O4S/c1-16(11-5-7-15-8-6-11)21(17,18)13-4-2-3-12-14(13)20-10-9-19-12/h2-4,11,15H,5-10H2,1H3. The minimum Gasteiger partial charge on any atom is -0.486 e. The van der Waals surface area contributed by atoms with Gasteiger partial charge in [-0.3, -0.25) is 0 Å². The summed E-state index contributed by atoms with van der Waals surface area (Å²) in [5, 5.41) is 3.24. The topological polar surface area (TPSA) is 67.9 Å². The van der Waals surface area contributed by atoms with Gasteiger partial charge in [-0.15, -0.1) is 0 Å². The molecule has 2 aliphatic heterocycles. The van der Waals surface area contributed by atoms with Crippen molar-refractivity contribution >= 4 is 10.0 Å². The molecule has 2 aliphatic rings. The Bertz CT molecular complexity index is 611. The van der Waals surface area contributed by atoms with Gasteiger partial charge < -0.3 is 14.8 Å². The Morgan fingerprint density at radius 1 is 1.19 bits per heavy atom. The van der Waals surface area contributed by atoms with Crippen LogP contribution in [0.2, 0.25) is 0 Å². The van der Waals surface area contributed by atoms with Crippen molar-refractivity contribution in [1.29, 1.82) is 0 Å². The molecule has 21 heavy (non-hydrogen) atoms. The van der Waals surface area contributed by atoms with E-state index in [1.807, 2.05) is 0 Å². The van der Waals surface area contributed by atoms with E-state index in [1.165, 1.54) is 4.31 Å². The fourth-order valence-corrected chi connectivity index (χ4v) is 4.33. The fraction of sp³-hybridized carbons (Fsp3) is 0.571. The predicted molar refractivity (Wildman–Crippen MR) is 78.3 cm³/mol. The predicted octanol–water partition coefficient (Wildman–Crippen LogP) is 0.830. The van der Waals surface area contributed by atoms with Gasteiger partial charge in [-0.1, -0.05) is 6.07 Å². The lowest BCUT2D eigenvalue weighted by Gasteiger charge is -2.31. The Hall–Kier alpha value is -1.31. The molecule has 0 spiro atoms. The molecular weight excluding hydrogens is 292 g/mol. The van der Waals surface area contributed by atoms with Crippen LogP contribution in [0, 0.1) is 0 Å². The SMILES string of the molecule is CN(C1CCNCC1)S(=O)(=O)c1cccc2c1OCCO2. The van der Waals surface area contributed by atoms with Crippen LogP contribution < -0.4 is 14.8 Å². The van der Waals surface area contributed by atoms with Crippen molar-refractivity contribution < 1.29 is 17.9 Å². The monoisotopic (exact) mass is 312 g/mol. The van der Waals surface area contributed by atoms with E-state index in [0.29, 0.717) is 24.7 Å². The number of hydrogen-bond acceptors (Lipinski definition) is 5. The van der Waals surface area contributed by atoms with Gasteiger partial charge in [0.05, 0.1) is 0 Å². The summed E-state index contributed by atoms with van der Waals surface area (Å²) in [7, 11) is -1.93. The van der Waals surface area contributed by atoms with Gasteiger partial charge >= 0.3 is 0 Å². The van der Waals surface area contributed by atoms with Gasteiger partial charge in [0.2, 0.25) is 10.0 Å². The maximum absolute atomic E-state index is 12.9. The van der Waals surface area contributed by atoms with Crippen molar-refractivity contribution in [2.24, 2.45) is 0 Å². The minimum atomic E-state index is -3.58. The van der Waals surface area contributed by atoms with E-state index in [9.17, 15) is 8.42 Å². The summed E-state index contributed by atoms with van der Waals surface area (Å²) < 4.78 is 38.2. The van der Waals surface area contributed by atoms with Crippen LogP contribution in [-0.4, -0.2) is 52.1 Å². The fourth-order valence-electron chi connectivity index (χ4n) is 2.77. The van der Waals surface area contributed by atoms with E-state index in [2.05, 4.69) is 5.32 Å². The van der Waals surface area contributed by atoms with Gasteiger partial charge in [0.25, 0.3) is 0 Å². The highest BCUT2D eigenvalue weighted by Crippen LogP contribution is 2.38. The lowest BCUT2D eigenvalue weighted by atomic mass is 10.1. The largest absolute Gasteiger partial charge is 0.486 e. The normalized spacial score (nSPS) is 19.7. The van der Waals surface area contributed by atoms with Crippen molar-refractivity contribution in [3.05, 3.63) is 18.2 Å². The van der Waals surface area contributed by atoms with Crippen LogP contribution >= 0.6 is 0 Å². The lowest BCUT2D eigenvalue weighted by Crippen LogP contribution is -2.44. The number of nitrogens with zero attached hydrogens (tertiary/aromatic N) is 1. The van der Waals surface area contributed by atoms with Crippen molar-refractivity contribution in [2.45, 2.75) is 23.8 Å². The average Bonchev–Trinajstić information content (AvgIpc) is 2.54. The zero-order valence-corrected chi connectivity index (χ0v) is 12.9. The third kappa shape index (κ3) is 2.73. The Morgan fingerprint density at radius 2 is 1.90 bits per heavy atom. The molecule has 0 atom stereocenters. The highest BCUT2D eigenvalue weighted by Gasteiger charge is 2.33. The molecule has 1 saturated heterocycles. The van der Waals surface area contributed by atoms with Gasteiger partial charge in [-0.05, 0) is 38.1 Å². The molecule has 7 heteroatoms. The number of ether oxygens (including phenoxy) is 2. The third-order valence-electron chi connectivity index (χ3n) is 4.01. The summed E-state index contributed by atoms with van der Waals surface area (Å²) in [6, 6.07) is 5.03. The molecule has 116 valence electrons. The minimum absolute atomic E-state index is 0.0246. The van der Waals surface area contributed by atoms with E-state index in [1.54, 1.807) is 25.2 Å². The Balaban J connectivity index is 1.94. The van der Waals surface area contributed by atoms with Crippen LogP contribution in [0.4, 0.5) is 0 Å². The summed E-state index contributed by atoms with van der Waals surface area (Å²) in [5.74, 6) is 0.838. The van der Waals surface area contributed by atoms with Crippen molar-refractivity contribution in [2.75, 3.05) is 33.4 Å². The zero-order chi connectivity index (χ0) is 14.9. The van der Waals surface area contributed by atoms with Gasteiger partial charge in [0, 0.05) is 13.1 Å². The molecule has 6 nitrogen and oxygen atoms in total. The van der Waals surface area contributed by atoms with Crippen molar-refractivity contribution in [3.8, 4) is 11.5 Å². The Morgan fingerprint density at radius 3 is 2.67 bits per heavy atom. The number of fused-ring (bicyclic) bond motifs is 1. The van der Waals surface area contributed by atoms with Gasteiger partial charge in [0.15, 0.2) is 11.5 Å². The molecule has 1 aromatic carbocycles. The van der Waals surface area contributed by atoms with Crippen LogP contribution in [0.5, 0.6) is 11.5 Å². The van der Waals surface area contributed by atoms with Gasteiger partial charge in [-0.25, -0.2) is 8.42 Å². The van der Waals surface area contributed by atoms with E-state index < -0.39 is 10.0 Å². The van der Waals surface area contributed by atoms with Crippen molar-refractivity contribution in [3.63, 3.8) is 0 Å². The first-order valence-corrected chi connectivity index (χ1v) is 8.62. The van der Waals surface area contributed by atoms with Crippen LogP contribution in [0.15, 0.2) is 23.1 Å². The highest BCUT2D eigenvalue weighted by atomic mass is 32.2. The second-order valence-electron chi connectivity index (χ2n) is 5.28. The zero-order valence-electron chi connectivity index (χ0n) is 12.0. The molecule has 3 rings (SSSR count). The second kappa shape index (κ2) is 5.82. The number of piperidine rings is 1. The van der Waals surface area contributed by atoms with E-state index >= 15 is 0 Å². The van der Waals surface area contributed by atoms with Crippen LogP contribution in [0.25, 0.3) is 0 Å². The number of hydrogen-bond donors (Lipinski definition) is 1. The number of sulfonamides is 1. The summed E-state index contributed by atoms with van der Waals surface area (Å²) in [4.78, 5) is 0.195. The molecular formula is C14H20N2O4S. The molecule has 0 saturated carbocycles. The summed E-state index contributed by atoms with van der Waals surface area (Å²) in [6.07, 6.45) is 1.64. The van der Waals surface area contributed by atoms with E-state index in [-0.39, 0.29) is 10.9 Å². The number of para-hydroxylation sites is 1. The second-order valence-corrected chi connectivity index (χ2v) is 7.25. The molecule has 1 fully saturated rings. The van der Waals surface area contributed by atoms with Crippen LogP contribution in [0.1, 0.15) is 12.8 Å². The molecule has 0 unspecified atom stereocenters. The first-order valence-electron chi connectivity index (χ1n) is 7.18. The quantitative estimate of drug-likeness (QED) is 0.895. The van der Waals surface area contributed by atoms with E-state index in [0.717, 1.165) is 25.9 Å². The molecule has 0 radical (unpaired) electrons. The van der Waals surface area contributed by atoms with E-state index in [4.69, 9.17) is 9.47 Å². The Kier molecular flexibility index (Phi) is 4.05. The Labute approximate surface area is 125 Å². The molecule has 0 bridgehead atoms. The molecule has 0 amide bonds. The summed E-state index contributed by atoms with van der Waals surface area (Å²) >= 11 is 0. The smallest absolute Gasteiger partial charge is 0.246 e. The van der Waals surface area contributed by atoms with Gasteiger partial charge in [-0.2, -0.15) is 4.31 Å². The number of nitrogens with one attached hydrogen (secondary N) is 1. The first-order chi connectivity index (χ1) is 10.1. The van der Waals surface area contributed by atoms with Crippen LogP contribution in [-0.2, 0) is 10.0 Å². The average molecular weight is 312 g/mol. The summed E-state index contributed by atoms with van der Waals surface area (Å²) in [6.45, 7) is 2.51. The molecule has 1 N–H and O–H groups in total. The maximum Gasteiger partial charge on any atom is 0.246 e. The number of rotatable bonds is 3. The molecule has 1 aromatic rings. The highest BCUT2D eigenvalue weighted by molar-refractivity contribution is 7.89.